The topological polar surface area (TPSA) is 133 Å². The highest BCUT2D eigenvalue weighted by Crippen LogP contribution is 2.30. The van der Waals surface area contributed by atoms with Crippen molar-refractivity contribution in [3.05, 3.63) is 22.5 Å². The van der Waals surface area contributed by atoms with Crippen LogP contribution in [0.1, 0.15) is 12.1 Å². The van der Waals surface area contributed by atoms with Crippen molar-refractivity contribution in [3.63, 3.8) is 0 Å². The molecule has 2 aromatic heterocycles. The fraction of sp³-hybridized carbons (Fsp3) is 0.545. The summed E-state index contributed by atoms with van der Waals surface area (Å²) in [5.74, 6) is 0.259. The van der Waals surface area contributed by atoms with E-state index < -0.39 is 36.7 Å². The van der Waals surface area contributed by atoms with E-state index in [2.05, 4.69) is 15.0 Å². The molecule has 0 aliphatic carbocycles. The number of hydrogen-bond donors (Lipinski definition) is 4. The molecule has 2 aromatic rings. The van der Waals surface area contributed by atoms with Crippen molar-refractivity contribution in [3.8, 4) is 0 Å². The van der Waals surface area contributed by atoms with Crippen molar-refractivity contribution >= 4 is 22.8 Å². The minimum absolute atomic E-state index is 0.00628. The van der Waals surface area contributed by atoms with Crippen molar-refractivity contribution < 1.29 is 20.1 Å². The Morgan fingerprint density at radius 3 is 2.81 bits per heavy atom. The molecule has 3 heterocycles. The van der Waals surface area contributed by atoms with Gasteiger partial charge in [0.15, 0.2) is 17.4 Å². The molecule has 3 rings (SSSR count). The molecule has 1 aliphatic heterocycles. The lowest BCUT2D eigenvalue weighted by Crippen LogP contribution is -2.33. The van der Waals surface area contributed by atoms with Gasteiger partial charge in [0.05, 0.1) is 18.8 Å². The van der Waals surface area contributed by atoms with Gasteiger partial charge in [-0.2, -0.15) is 0 Å². The number of ether oxygens (including phenoxy) is 1. The Bertz CT molecular complexity index is 716. The summed E-state index contributed by atoms with van der Waals surface area (Å²) in [7, 11) is 0. The Balaban J connectivity index is 2.09. The molecular weight excluding hydrogens is 304 g/mol. The first kappa shape index (κ1) is 14.4. The van der Waals surface area contributed by atoms with E-state index in [9.17, 15) is 15.0 Å². The van der Waals surface area contributed by atoms with E-state index >= 15 is 0 Å². The monoisotopic (exact) mass is 316 g/mol. The van der Waals surface area contributed by atoms with Crippen molar-refractivity contribution in [2.75, 3.05) is 6.61 Å². The number of aliphatic hydroxyl groups excluding tert-OH is 3. The number of H-pyrrole nitrogens is 1. The van der Waals surface area contributed by atoms with Crippen molar-refractivity contribution in [1.29, 1.82) is 0 Å². The lowest BCUT2D eigenvalue weighted by Gasteiger charge is -2.16. The summed E-state index contributed by atoms with van der Waals surface area (Å²) in [6, 6.07) is 0. The van der Waals surface area contributed by atoms with Crippen LogP contribution in [0.5, 0.6) is 0 Å². The summed E-state index contributed by atoms with van der Waals surface area (Å²) in [4.78, 5) is 22.4. The molecule has 1 fully saturated rings. The van der Waals surface area contributed by atoms with Crippen LogP contribution in [0.4, 0.5) is 0 Å². The Kier molecular flexibility index (Phi) is 3.68. The van der Waals surface area contributed by atoms with Gasteiger partial charge in [0.2, 0.25) is 0 Å². The molecule has 4 N–H and O–H groups in total. The summed E-state index contributed by atoms with van der Waals surface area (Å²) in [6.45, 7) is -0.442. The zero-order valence-corrected chi connectivity index (χ0v) is 11.4. The number of nitrogens with zero attached hydrogens (tertiary/aromatic N) is 3. The van der Waals surface area contributed by atoms with E-state index in [1.54, 1.807) is 0 Å². The lowest BCUT2D eigenvalue weighted by molar-refractivity contribution is -0.0511. The second-order valence-corrected chi connectivity index (χ2v) is 4.97. The number of fused-ring (bicyclic) bond motifs is 1. The third kappa shape index (κ3) is 2.23. The van der Waals surface area contributed by atoms with Gasteiger partial charge in [-0.3, -0.25) is 9.36 Å². The van der Waals surface area contributed by atoms with Crippen LogP contribution in [0, 0.1) is 0 Å². The fourth-order valence-electron chi connectivity index (χ4n) is 2.33. The van der Waals surface area contributed by atoms with Gasteiger partial charge in [-0.25, -0.2) is 9.97 Å². The van der Waals surface area contributed by atoms with E-state index in [0.717, 1.165) is 0 Å². The molecule has 0 aromatic carbocycles. The quantitative estimate of drug-likeness (QED) is 0.505. The molecule has 10 heteroatoms. The summed E-state index contributed by atoms with van der Waals surface area (Å²) in [5, 5.41) is 28.9. The van der Waals surface area contributed by atoms with Gasteiger partial charge in [-0.1, -0.05) is 0 Å². The van der Waals surface area contributed by atoms with Crippen LogP contribution in [0.2, 0.25) is 0 Å². The average Bonchev–Trinajstić information content (AvgIpc) is 3.02. The van der Waals surface area contributed by atoms with Gasteiger partial charge in [-0.05, 0) is 0 Å². The molecule has 0 amide bonds. The normalized spacial score (nSPS) is 29.3. The van der Waals surface area contributed by atoms with Gasteiger partial charge < -0.3 is 25.0 Å². The lowest BCUT2D eigenvalue weighted by atomic mass is 10.1. The predicted octanol–water partition coefficient (Wildman–Crippen LogP) is -1.53. The molecule has 1 saturated heterocycles. The Morgan fingerprint density at radius 1 is 1.43 bits per heavy atom. The van der Waals surface area contributed by atoms with Crippen LogP contribution >= 0.6 is 11.6 Å². The van der Waals surface area contributed by atoms with Gasteiger partial charge in [0, 0.05) is 0 Å². The van der Waals surface area contributed by atoms with Crippen LogP contribution in [-0.4, -0.2) is 59.8 Å². The molecule has 0 spiro atoms. The molecule has 114 valence electrons. The van der Waals surface area contributed by atoms with Gasteiger partial charge in [0.1, 0.15) is 24.1 Å². The molecule has 0 saturated carbocycles. The second kappa shape index (κ2) is 5.35. The number of rotatable bonds is 3. The van der Waals surface area contributed by atoms with Crippen LogP contribution in [0.15, 0.2) is 11.1 Å². The highest BCUT2D eigenvalue weighted by molar-refractivity contribution is 6.16. The van der Waals surface area contributed by atoms with Crippen LogP contribution < -0.4 is 5.56 Å². The van der Waals surface area contributed by atoms with Crippen molar-refractivity contribution in [1.82, 2.24) is 19.5 Å². The number of hydrogen-bond acceptors (Lipinski definition) is 7. The highest BCUT2D eigenvalue weighted by atomic mass is 35.5. The standard InChI is InChI=1S/C11H13ClN4O5/c12-1-5-14-9-6(10(20)15-5)13-3-16(9)11-8(19)7(18)4(2-17)21-11/h3-4,7-8,11,17-19H,1-2H2,(H,14,15,20)/t4-,7-,8-,11-/m0/s1. The maximum atomic E-state index is 11.8. The zero-order chi connectivity index (χ0) is 15.1. The highest BCUT2D eigenvalue weighted by Gasteiger charge is 2.44. The molecule has 4 atom stereocenters. The van der Waals surface area contributed by atoms with E-state index in [1.165, 1.54) is 10.9 Å². The zero-order valence-electron chi connectivity index (χ0n) is 10.7. The van der Waals surface area contributed by atoms with E-state index in [4.69, 9.17) is 21.4 Å². The first-order chi connectivity index (χ1) is 10.1. The van der Waals surface area contributed by atoms with Gasteiger partial charge in [0.25, 0.3) is 5.56 Å². The summed E-state index contributed by atoms with van der Waals surface area (Å²) in [5.41, 5.74) is -0.202. The minimum Gasteiger partial charge on any atom is -0.394 e. The third-order valence-electron chi connectivity index (χ3n) is 3.40. The molecular formula is C11H13ClN4O5. The molecule has 0 unspecified atom stereocenters. The molecule has 9 nitrogen and oxygen atoms in total. The van der Waals surface area contributed by atoms with Crippen LogP contribution in [-0.2, 0) is 10.6 Å². The number of aliphatic hydroxyl groups is 3. The summed E-state index contributed by atoms with van der Waals surface area (Å²) in [6.07, 6.45) is -3.16. The molecule has 1 aliphatic rings. The first-order valence-electron chi connectivity index (χ1n) is 6.21. The van der Waals surface area contributed by atoms with Gasteiger partial charge >= 0.3 is 0 Å². The Hall–Kier alpha value is -1.52. The van der Waals surface area contributed by atoms with Gasteiger partial charge in [-0.15, -0.1) is 11.6 Å². The maximum absolute atomic E-state index is 11.8. The van der Waals surface area contributed by atoms with Crippen LogP contribution in [0.25, 0.3) is 11.2 Å². The number of aromatic nitrogens is 4. The van der Waals surface area contributed by atoms with Crippen molar-refractivity contribution in [2.45, 2.75) is 30.4 Å². The average molecular weight is 317 g/mol. The first-order valence-corrected chi connectivity index (χ1v) is 6.74. The number of aromatic amines is 1. The number of halogens is 1. The van der Waals surface area contributed by atoms with Crippen molar-refractivity contribution in [2.24, 2.45) is 0 Å². The smallest absolute Gasteiger partial charge is 0.279 e. The van der Waals surface area contributed by atoms with E-state index in [-0.39, 0.29) is 22.9 Å². The number of nitrogens with one attached hydrogen (secondary N) is 1. The van der Waals surface area contributed by atoms with Crippen LogP contribution in [0.3, 0.4) is 0 Å². The maximum Gasteiger partial charge on any atom is 0.279 e. The molecule has 21 heavy (non-hydrogen) atoms. The largest absolute Gasteiger partial charge is 0.394 e. The predicted molar refractivity (Wildman–Crippen MR) is 70.7 cm³/mol. The molecule has 0 bridgehead atoms. The minimum atomic E-state index is -1.28. The van der Waals surface area contributed by atoms with E-state index in [1.807, 2.05) is 0 Å². The summed E-state index contributed by atoms with van der Waals surface area (Å²) >= 11 is 5.66. The number of alkyl halides is 1. The van der Waals surface area contributed by atoms with E-state index in [0.29, 0.717) is 0 Å². The fourth-order valence-corrected chi connectivity index (χ4v) is 2.46. The SMILES string of the molecule is O=c1[nH]c(CCl)nc2c1ncn2[C@H]1O[C@@H](CO)[C@H](O)[C@@H]1O. The number of imidazole rings is 1. The second-order valence-electron chi connectivity index (χ2n) is 4.70. The third-order valence-corrected chi connectivity index (χ3v) is 3.65. The summed E-state index contributed by atoms with van der Waals surface area (Å²) < 4.78 is 6.73. The Labute approximate surface area is 122 Å². The Morgan fingerprint density at radius 2 is 2.19 bits per heavy atom. The molecule has 0 radical (unpaired) electrons.